The molecular weight excluding hydrogens is 332 g/mol. The number of imidazole rings is 1. The molecule has 1 aliphatic heterocycles. The van der Waals surface area contributed by atoms with Gasteiger partial charge in [-0.2, -0.15) is 0 Å². The van der Waals surface area contributed by atoms with Crippen LogP contribution in [0.5, 0.6) is 5.75 Å². The fourth-order valence-corrected chi connectivity index (χ4v) is 3.37. The number of benzene rings is 1. The summed E-state index contributed by atoms with van der Waals surface area (Å²) in [5.74, 6) is 1.12. The standard InChI is InChI=1S/C19H22N4O3/c1-11(2)12-4-5-16(25-3)14(8-12)15-9-20-17-18(21-15)23(19(24)22-17)13-6-7-26-10-13/h4-5,8-9,11,13H,6-7,10H2,1-3H3,(H,20,22,24)/t13-/m0/s1. The van der Waals surface area contributed by atoms with E-state index in [1.165, 1.54) is 5.56 Å². The number of H-pyrrole nitrogens is 1. The molecule has 1 fully saturated rings. The van der Waals surface area contributed by atoms with E-state index < -0.39 is 0 Å². The summed E-state index contributed by atoms with van der Waals surface area (Å²) in [5, 5.41) is 0. The summed E-state index contributed by atoms with van der Waals surface area (Å²) in [7, 11) is 1.64. The van der Waals surface area contributed by atoms with Crippen molar-refractivity contribution in [2.75, 3.05) is 20.3 Å². The van der Waals surface area contributed by atoms with Crippen LogP contribution in [0.2, 0.25) is 0 Å². The quantitative estimate of drug-likeness (QED) is 0.779. The first-order chi connectivity index (χ1) is 12.6. The molecule has 0 bridgehead atoms. The molecule has 7 nitrogen and oxygen atoms in total. The Balaban J connectivity index is 1.89. The molecule has 26 heavy (non-hydrogen) atoms. The zero-order valence-corrected chi connectivity index (χ0v) is 15.2. The Morgan fingerprint density at radius 3 is 2.92 bits per heavy atom. The van der Waals surface area contributed by atoms with Crippen molar-refractivity contribution in [3.8, 4) is 17.0 Å². The van der Waals surface area contributed by atoms with Crippen LogP contribution in [0, 0.1) is 0 Å². The number of rotatable bonds is 4. The van der Waals surface area contributed by atoms with Gasteiger partial charge in [-0.1, -0.05) is 19.9 Å². The molecule has 0 radical (unpaired) electrons. The van der Waals surface area contributed by atoms with E-state index in [1.807, 2.05) is 6.07 Å². The first-order valence-electron chi connectivity index (χ1n) is 8.81. The van der Waals surface area contributed by atoms with Gasteiger partial charge in [-0.3, -0.25) is 9.55 Å². The highest BCUT2D eigenvalue weighted by molar-refractivity contribution is 5.74. The molecule has 1 aromatic carbocycles. The predicted octanol–water partition coefficient (Wildman–Crippen LogP) is 2.88. The van der Waals surface area contributed by atoms with Crippen LogP contribution in [0.1, 0.15) is 37.8 Å². The first-order valence-corrected chi connectivity index (χ1v) is 8.81. The lowest BCUT2D eigenvalue weighted by molar-refractivity contribution is 0.186. The number of nitrogens with zero attached hydrogens (tertiary/aromatic N) is 3. The van der Waals surface area contributed by atoms with Crippen molar-refractivity contribution in [1.82, 2.24) is 19.5 Å². The Labute approximate surface area is 151 Å². The van der Waals surface area contributed by atoms with E-state index in [1.54, 1.807) is 17.9 Å². The third-order valence-corrected chi connectivity index (χ3v) is 4.86. The minimum atomic E-state index is -0.199. The Hall–Kier alpha value is -2.67. The van der Waals surface area contributed by atoms with Crippen LogP contribution < -0.4 is 10.4 Å². The minimum Gasteiger partial charge on any atom is -0.496 e. The average Bonchev–Trinajstić information content (AvgIpc) is 3.26. The summed E-state index contributed by atoms with van der Waals surface area (Å²) in [6, 6.07) is 6.07. The smallest absolute Gasteiger partial charge is 0.329 e. The zero-order valence-electron chi connectivity index (χ0n) is 15.2. The van der Waals surface area contributed by atoms with Crippen LogP contribution in [0.15, 0.2) is 29.2 Å². The second-order valence-corrected chi connectivity index (χ2v) is 6.86. The Morgan fingerprint density at radius 2 is 2.23 bits per heavy atom. The Morgan fingerprint density at radius 1 is 1.38 bits per heavy atom. The van der Waals surface area contributed by atoms with E-state index in [-0.39, 0.29) is 11.7 Å². The summed E-state index contributed by atoms with van der Waals surface area (Å²) in [4.78, 5) is 24.4. The molecule has 3 heterocycles. The second-order valence-electron chi connectivity index (χ2n) is 6.86. The van der Waals surface area contributed by atoms with Gasteiger partial charge in [0.2, 0.25) is 0 Å². The number of aromatic nitrogens is 4. The fourth-order valence-electron chi connectivity index (χ4n) is 3.37. The molecular formula is C19H22N4O3. The van der Waals surface area contributed by atoms with Crippen molar-refractivity contribution in [2.24, 2.45) is 0 Å². The van der Waals surface area contributed by atoms with Crippen LogP contribution in [0.25, 0.3) is 22.6 Å². The highest BCUT2D eigenvalue weighted by Crippen LogP contribution is 2.32. The van der Waals surface area contributed by atoms with Gasteiger partial charge in [0.1, 0.15) is 5.75 Å². The average molecular weight is 354 g/mol. The highest BCUT2D eigenvalue weighted by Gasteiger charge is 2.23. The van der Waals surface area contributed by atoms with Gasteiger partial charge in [0.25, 0.3) is 0 Å². The van der Waals surface area contributed by atoms with Crippen LogP contribution in [0.3, 0.4) is 0 Å². The van der Waals surface area contributed by atoms with Gasteiger partial charge in [0.15, 0.2) is 11.3 Å². The third-order valence-electron chi connectivity index (χ3n) is 4.86. The fraction of sp³-hybridized carbons (Fsp3) is 0.421. The molecule has 1 saturated heterocycles. The summed E-state index contributed by atoms with van der Waals surface area (Å²) in [6.45, 7) is 5.46. The molecule has 0 amide bonds. The summed E-state index contributed by atoms with van der Waals surface area (Å²) in [5.41, 5.74) is 3.60. The summed E-state index contributed by atoms with van der Waals surface area (Å²) < 4.78 is 12.6. The zero-order chi connectivity index (χ0) is 18.3. The number of ether oxygens (including phenoxy) is 2. The lowest BCUT2D eigenvalue weighted by Crippen LogP contribution is -2.22. The maximum atomic E-state index is 12.4. The topological polar surface area (TPSA) is 82.0 Å². The number of methoxy groups -OCH3 is 1. The van der Waals surface area contributed by atoms with Crippen molar-refractivity contribution in [1.29, 1.82) is 0 Å². The molecule has 0 spiro atoms. The van der Waals surface area contributed by atoms with Gasteiger partial charge in [-0.15, -0.1) is 0 Å². The molecule has 7 heteroatoms. The molecule has 1 N–H and O–H groups in total. The lowest BCUT2D eigenvalue weighted by Gasteiger charge is -2.13. The molecule has 3 aromatic rings. The van der Waals surface area contributed by atoms with Crippen LogP contribution in [-0.4, -0.2) is 39.8 Å². The SMILES string of the molecule is COc1ccc(C(C)C)cc1-c1cnc2[nH]c(=O)n([C@H]3CCOC3)c2n1. The predicted molar refractivity (Wildman–Crippen MR) is 98.7 cm³/mol. The normalized spacial score (nSPS) is 17.3. The van der Waals surface area contributed by atoms with Crippen LogP contribution in [-0.2, 0) is 4.74 Å². The van der Waals surface area contributed by atoms with Crippen LogP contribution in [0.4, 0.5) is 0 Å². The van der Waals surface area contributed by atoms with Gasteiger partial charge in [0.05, 0.1) is 31.6 Å². The molecule has 136 valence electrons. The highest BCUT2D eigenvalue weighted by atomic mass is 16.5. The van der Waals surface area contributed by atoms with Crippen LogP contribution >= 0.6 is 0 Å². The van der Waals surface area contributed by atoms with E-state index >= 15 is 0 Å². The van der Waals surface area contributed by atoms with Gasteiger partial charge >= 0.3 is 5.69 Å². The second kappa shape index (κ2) is 6.57. The summed E-state index contributed by atoms with van der Waals surface area (Å²) in [6.07, 6.45) is 2.47. The largest absolute Gasteiger partial charge is 0.496 e. The van der Waals surface area contributed by atoms with Crippen molar-refractivity contribution >= 4 is 11.3 Å². The number of aromatic amines is 1. The number of hydrogen-bond donors (Lipinski definition) is 1. The first kappa shape index (κ1) is 16.8. The van der Waals surface area contributed by atoms with Gasteiger partial charge in [-0.05, 0) is 30.0 Å². The van der Waals surface area contributed by atoms with E-state index in [9.17, 15) is 4.79 Å². The molecule has 1 aliphatic rings. The minimum absolute atomic E-state index is 0.00954. The van der Waals surface area contributed by atoms with Gasteiger partial charge in [-0.25, -0.2) is 14.8 Å². The molecule has 1 atom stereocenters. The van der Waals surface area contributed by atoms with Crippen molar-refractivity contribution in [3.05, 3.63) is 40.4 Å². The molecule has 0 saturated carbocycles. The molecule has 0 aliphatic carbocycles. The Kier molecular flexibility index (Phi) is 4.24. The van der Waals surface area contributed by atoms with E-state index in [0.717, 1.165) is 17.7 Å². The van der Waals surface area contributed by atoms with Gasteiger partial charge < -0.3 is 9.47 Å². The lowest BCUT2D eigenvalue weighted by atomic mass is 9.99. The van der Waals surface area contributed by atoms with E-state index in [0.29, 0.717) is 36.1 Å². The molecule has 0 unspecified atom stereocenters. The van der Waals surface area contributed by atoms with E-state index in [2.05, 4.69) is 35.9 Å². The maximum Gasteiger partial charge on any atom is 0.329 e. The summed E-state index contributed by atoms with van der Waals surface area (Å²) >= 11 is 0. The Bertz CT molecular complexity index is 1000. The third kappa shape index (κ3) is 2.78. The monoisotopic (exact) mass is 354 g/mol. The molecule has 4 rings (SSSR count). The number of fused-ring (bicyclic) bond motifs is 1. The van der Waals surface area contributed by atoms with Gasteiger partial charge in [0, 0.05) is 12.2 Å². The van der Waals surface area contributed by atoms with Crippen molar-refractivity contribution in [3.63, 3.8) is 0 Å². The van der Waals surface area contributed by atoms with E-state index in [4.69, 9.17) is 14.5 Å². The van der Waals surface area contributed by atoms with Crippen molar-refractivity contribution < 1.29 is 9.47 Å². The molecule has 2 aromatic heterocycles. The maximum absolute atomic E-state index is 12.4. The van der Waals surface area contributed by atoms with Crippen molar-refractivity contribution in [2.45, 2.75) is 32.2 Å². The number of nitrogens with one attached hydrogen (secondary N) is 1. The number of hydrogen-bond acceptors (Lipinski definition) is 5.